The molecule has 2 rings (SSSR count). The minimum atomic E-state index is 0.141. The highest BCUT2D eigenvalue weighted by molar-refractivity contribution is 5.99. The van der Waals surface area contributed by atoms with Crippen LogP contribution in [0.25, 0.3) is 0 Å². The first-order valence-corrected chi connectivity index (χ1v) is 6.02. The summed E-state index contributed by atoms with van der Waals surface area (Å²) in [6, 6.07) is 13.3. The van der Waals surface area contributed by atoms with Crippen LogP contribution in [0, 0.1) is 13.8 Å². The van der Waals surface area contributed by atoms with Gasteiger partial charge < -0.3 is 5.73 Å². The molecule has 0 aliphatic carbocycles. The van der Waals surface area contributed by atoms with Crippen molar-refractivity contribution in [2.45, 2.75) is 20.3 Å². The number of nitrogens with two attached hydrogens (primary N) is 1. The number of Topliss-reactive ketones (excluding diaryl/α,β-unsaturated/α-hetero) is 1. The zero-order valence-corrected chi connectivity index (χ0v) is 10.7. The van der Waals surface area contributed by atoms with E-state index in [-0.39, 0.29) is 5.78 Å². The molecule has 0 amide bonds. The van der Waals surface area contributed by atoms with Gasteiger partial charge >= 0.3 is 0 Å². The van der Waals surface area contributed by atoms with E-state index in [9.17, 15) is 4.79 Å². The average molecular weight is 239 g/mol. The van der Waals surface area contributed by atoms with Gasteiger partial charge in [0.2, 0.25) is 0 Å². The zero-order valence-electron chi connectivity index (χ0n) is 10.7. The van der Waals surface area contributed by atoms with Gasteiger partial charge in [-0.1, -0.05) is 30.3 Å². The van der Waals surface area contributed by atoms with E-state index < -0.39 is 0 Å². The summed E-state index contributed by atoms with van der Waals surface area (Å²) in [7, 11) is 0. The summed E-state index contributed by atoms with van der Waals surface area (Å²) >= 11 is 0. The zero-order chi connectivity index (χ0) is 13.1. The number of hydrogen-bond acceptors (Lipinski definition) is 2. The van der Waals surface area contributed by atoms with Crippen molar-refractivity contribution in [2.24, 2.45) is 0 Å². The van der Waals surface area contributed by atoms with Crippen LogP contribution >= 0.6 is 0 Å². The molecule has 2 aromatic carbocycles. The third kappa shape index (κ3) is 2.59. The third-order valence-electron chi connectivity index (χ3n) is 3.22. The molecule has 0 saturated carbocycles. The molecule has 0 aliphatic rings. The van der Waals surface area contributed by atoms with Crippen molar-refractivity contribution in [1.29, 1.82) is 0 Å². The van der Waals surface area contributed by atoms with Gasteiger partial charge in [-0.15, -0.1) is 0 Å². The Bertz CT molecular complexity index is 587. The van der Waals surface area contributed by atoms with Crippen molar-refractivity contribution in [1.82, 2.24) is 0 Å². The van der Waals surface area contributed by atoms with Crippen molar-refractivity contribution in [3.8, 4) is 0 Å². The van der Waals surface area contributed by atoms with Crippen LogP contribution in [0.2, 0.25) is 0 Å². The summed E-state index contributed by atoms with van der Waals surface area (Å²) in [6.07, 6.45) is 0.398. The molecule has 0 bridgehead atoms. The fourth-order valence-electron chi connectivity index (χ4n) is 2.04. The molecule has 0 fully saturated rings. The summed E-state index contributed by atoms with van der Waals surface area (Å²) in [5.41, 5.74) is 10.4. The molecule has 2 nitrogen and oxygen atoms in total. The van der Waals surface area contributed by atoms with E-state index in [2.05, 4.69) is 0 Å². The molecule has 0 heterocycles. The van der Waals surface area contributed by atoms with Gasteiger partial charge in [0.05, 0.1) is 0 Å². The van der Waals surface area contributed by atoms with Gasteiger partial charge in [0.1, 0.15) is 0 Å². The molecular weight excluding hydrogens is 222 g/mol. The first-order chi connectivity index (χ1) is 8.58. The number of rotatable bonds is 3. The van der Waals surface area contributed by atoms with Gasteiger partial charge in [-0.25, -0.2) is 0 Å². The van der Waals surface area contributed by atoms with Gasteiger partial charge in [0.15, 0.2) is 5.78 Å². The minimum absolute atomic E-state index is 0.141. The quantitative estimate of drug-likeness (QED) is 0.659. The highest BCUT2D eigenvalue weighted by atomic mass is 16.1. The van der Waals surface area contributed by atoms with Crippen molar-refractivity contribution in [3.63, 3.8) is 0 Å². The van der Waals surface area contributed by atoms with Gasteiger partial charge in [-0.3, -0.25) is 4.79 Å². The number of benzene rings is 2. The molecule has 2 heteroatoms. The van der Waals surface area contributed by atoms with E-state index in [0.717, 1.165) is 22.3 Å². The molecule has 0 unspecified atom stereocenters. The average Bonchev–Trinajstić information content (AvgIpc) is 2.32. The molecule has 0 aliphatic heterocycles. The Morgan fingerprint density at radius 3 is 2.56 bits per heavy atom. The van der Waals surface area contributed by atoms with Crippen LogP contribution in [0.1, 0.15) is 27.0 Å². The van der Waals surface area contributed by atoms with Crippen LogP contribution in [0.5, 0.6) is 0 Å². The number of hydrogen-bond donors (Lipinski definition) is 1. The smallest absolute Gasteiger partial charge is 0.167 e. The minimum Gasteiger partial charge on any atom is -0.399 e. The molecule has 92 valence electrons. The predicted octanol–water partition coefficient (Wildman–Crippen LogP) is 3.31. The van der Waals surface area contributed by atoms with E-state index in [1.54, 1.807) is 0 Å². The molecule has 2 aromatic rings. The van der Waals surface area contributed by atoms with Crippen molar-refractivity contribution in [3.05, 3.63) is 64.7 Å². The van der Waals surface area contributed by atoms with Crippen LogP contribution in [-0.2, 0) is 6.42 Å². The highest BCUT2D eigenvalue weighted by Gasteiger charge is 2.10. The van der Waals surface area contributed by atoms with Gasteiger partial charge in [0.25, 0.3) is 0 Å². The Morgan fingerprint density at radius 1 is 1.11 bits per heavy atom. The van der Waals surface area contributed by atoms with Crippen LogP contribution in [-0.4, -0.2) is 5.78 Å². The van der Waals surface area contributed by atoms with Crippen molar-refractivity contribution in [2.75, 3.05) is 5.73 Å². The summed E-state index contributed by atoms with van der Waals surface area (Å²) < 4.78 is 0. The van der Waals surface area contributed by atoms with Crippen LogP contribution in [0.4, 0.5) is 5.69 Å². The van der Waals surface area contributed by atoms with Crippen molar-refractivity contribution < 1.29 is 4.79 Å². The second-order valence-electron chi connectivity index (χ2n) is 4.59. The van der Waals surface area contributed by atoms with E-state index >= 15 is 0 Å². The monoisotopic (exact) mass is 239 g/mol. The molecule has 0 saturated heterocycles. The fourth-order valence-corrected chi connectivity index (χ4v) is 2.04. The second kappa shape index (κ2) is 5.05. The van der Waals surface area contributed by atoms with Crippen LogP contribution in [0.3, 0.4) is 0 Å². The summed E-state index contributed by atoms with van der Waals surface area (Å²) in [5, 5.41) is 0. The lowest BCUT2D eigenvalue weighted by Gasteiger charge is -2.08. The number of ketones is 1. The number of carbonyl (C=O) groups is 1. The maximum atomic E-state index is 12.3. The molecule has 0 spiro atoms. The molecule has 0 radical (unpaired) electrons. The van der Waals surface area contributed by atoms with E-state index in [0.29, 0.717) is 12.1 Å². The maximum Gasteiger partial charge on any atom is 0.167 e. The summed E-state index contributed by atoms with van der Waals surface area (Å²) in [6.45, 7) is 4.01. The summed E-state index contributed by atoms with van der Waals surface area (Å²) in [4.78, 5) is 12.3. The highest BCUT2D eigenvalue weighted by Crippen LogP contribution is 2.16. The topological polar surface area (TPSA) is 43.1 Å². The number of anilines is 1. The molecule has 18 heavy (non-hydrogen) atoms. The Labute approximate surface area is 107 Å². The maximum absolute atomic E-state index is 12.3. The fraction of sp³-hybridized carbons (Fsp3) is 0.188. The standard InChI is InChI=1S/C16H17NO/c1-11-5-3-8-15(12(11)2)16(18)10-13-6-4-7-14(17)9-13/h3-9H,10,17H2,1-2H3. The normalized spacial score (nSPS) is 10.3. The Hall–Kier alpha value is -2.09. The van der Waals surface area contributed by atoms with Crippen LogP contribution in [0.15, 0.2) is 42.5 Å². The lowest BCUT2D eigenvalue weighted by Crippen LogP contribution is -2.06. The molecule has 0 atom stereocenters. The van der Waals surface area contributed by atoms with Crippen molar-refractivity contribution >= 4 is 11.5 Å². The first-order valence-electron chi connectivity index (χ1n) is 6.02. The predicted molar refractivity (Wildman–Crippen MR) is 74.8 cm³/mol. The van der Waals surface area contributed by atoms with Gasteiger partial charge in [-0.2, -0.15) is 0 Å². The first kappa shape index (κ1) is 12.4. The number of nitrogen functional groups attached to an aromatic ring is 1. The molecular formula is C16H17NO. The van der Waals surface area contributed by atoms with Gasteiger partial charge in [-0.05, 0) is 42.7 Å². The molecule has 2 N–H and O–H groups in total. The number of carbonyl (C=O) groups excluding carboxylic acids is 1. The molecule has 0 aromatic heterocycles. The van der Waals surface area contributed by atoms with E-state index in [1.807, 2.05) is 56.3 Å². The lowest BCUT2D eigenvalue weighted by molar-refractivity contribution is 0.0992. The SMILES string of the molecule is Cc1cccc(C(=O)Cc2cccc(N)c2)c1C. The van der Waals surface area contributed by atoms with E-state index in [1.165, 1.54) is 0 Å². The van der Waals surface area contributed by atoms with Gasteiger partial charge in [0, 0.05) is 17.7 Å². The largest absolute Gasteiger partial charge is 0.399 e. The Kier molecular flexibility index (Phi) is 3.47. The second-order valence-corrected chi connectivity index (χ2v) is 4.59. The van der Waals surface area contributed by atoms with Crippen LogP contribution < -0.4 is 5.73 Å². The summed E-state index contributed by atoms with van der Waals surface area (Å²) in [5.74, 6) is 0.141. The van der Waals surface area contributed by atoms with E-state index in [4.69, 9.17) is 5.73 Å². The number of aryl methyl sites for hydroxylation is 1. The third-order valence-corrected chi connectivity index (χ3v) is 3.22. The Balaban J connectivity index is 2.25. The lowest BCUT2D eigenvalue weighted by atomic mass is 9.96. The Morgan fingerprint density at radius 2 is 1.83 bits per heavy atom.